The molecule has 0 amide bonds. The molecule has 0 bridgehead atoms. The molecule has 5 heteroatoms. The molecule has 1 atom stereocenters. The van der Waals surface area contributed by atoms with Gasteiger partial charge in [0.05, 0.1) is 0 Å². The van der Waals surface area contributed by atoms with Crippen molar-refractivity contribution in [3.8, 4) is 0 Å². The Morgan fingerprint density at radius 1 is 1.33 bits per heavy atom. The largest absolute Gasteiger partial charge is 0.339 e. The number of hydrogen-bond acceptors (Lipinski definition) is 4. The fourth-order valence-corrected chi connectivity index (χ4v) is 2.74. The van der Waals surface area contributed by atoms with Crippen LogP contribution in [0.4, 0.5) is 0 Å². The van der Waals surface area contributed by atoms with Crippen molar-refractivity contribution in [3.05, 3.63) is 47.1 Å². The zero-order chi connectivity index (χ0) is 13.8. The summed E-state index contributed by atoms with van der Waals surface area (Å²) in [5.41, 5.74) is 2.53. The lowest BCUT2D eigenvalue weighted by molar-refractivity contribution is 0.364. The number of rotatable bonds is 5. The number of halogens is 1. The van der Waals surface area contributed by atoms with Crippen molar-refractivity contribution in [3.63, 3.8) is 0 Å². The smallest absolute Gasteiger partial charge is 0.226 e. The molecule has 114 valence electrons. The van der Waals surface area contributed by atoms with Crippen molar-refractivity contribution in [2.45, 2.75) is 45.1 Å². The van der Waals surface area contributed by atoms with Crippen LogP contribution in [0, 0.1) is 6.92 Å². The van der Waals surface area contributed by atoms with E-state index in [0.717, 1.165) is 37.5 Å². The minimum Gasteiger partial charge on any atom is -0.339 e. The Morgan fingerprint density at radius 3 is 2.95 bits per heavy atom. The molecule has 0 saturated carbocycles. The van der Waals surface area contributed by atoms with Gasteiger partial charge in [0, 0.05) is 18.9 Å². The van der Waals surface area contributed by atoms with E-state index in [-0.39, 0.29) is 12.4 Å². The number of nitrogens with one attached hydrogen (secondary N) is 1. The van der Waals surface area contributed by atoms with Crippen LogP contribution in [0.15, 0.2) is 28.8 Å². The first-order valence-corrected chi connectivity index (χ1v) is 7.40. The second-order valence-corrected chi connectivity index (χ2v) is 5.54. The van der Waals surface area contributed by atoms with Crippen LogP contribution in [0.1, 0.15) is 42.1 Å². The summed E-state index contributed by atoms with van der Waals surface area (Å²) < 4.78 is 5.35. The lowest BCUT2D eigenvalue weighted by Gasteiger charge is -2.06. The molecule has 1 aromatic heterocycles. The van der Waals surface area contributed by atoms with Crippen LogP contribution in [0.2, 0.25) is 0 Å². The monoisotopic (exact) mass is 307 g/mol. The first kappa shape index (κ1) is 16.0. The van der Waals surface area contributed by atoms with Crippen LogP contribution in [0.3, 0.4) is 0 Å². The Kier molecular flexibility index (Phi) is 5.76. The third-order valence-electron chi connectivity index (χ3n) is 3.99. The van der Waals surface area contributed by atoms with Gasteiger partial charge in [-0.3, -0.25) is 0 Å². The Labute approximate surface area is 131 Å². The molecule has 0 radical (unpaired) electrons. The predicted octanol–water partition coefficient (Wildman–Crippen LogP) is 3.08. The molecule has 2 heterocycles. The molecular weight excluding hydrogens is 286 g/mol. The van der Waals surface area contributed by atoms with E-state index in [1.165, 1.54) is 24.0 Å². The SMILES string of the molecule is Cc1ccccc1Cc1noc(CCC2CCCN2)n1.Cl. The van der Waals surface area contributed by atoms with Crippen molar-refractivity contribution in [2.24, 2.45) is 0 Å². The normalized spacial score (nSPS) is 17.7. The van der Waals surface area contributed by atoms with Gasteiger partial charge in [-0.05, 0) is 43.9 Å². The van der Waals surface area contributed by atoms with Gasteiger partial charge < -0.3 is 9.84 Å². The van der Waals surface area contributed by atoms with Crippen LogP contribution in [-0.4, -0.2) is 22.7 Å². The van der Waals surface area contributed by atoms with E-state index in [4.69, 9.17) is 4.52 Å². The average Bonchev–Trinajstić information content (AvgIpc) is 3.10. The van der Waals surface area contributed by atoms with Crippen LogP contribution in [0.25, 0.3) is 0 Å². The Balaban J connectivity index is 0.00000161. The van der Waals surface area contributed by atoms with E-state index in [9.17, 15) is 0 Å². The summed E-state index contributed by atoms with van der Waals surface area (Å²) in [4.78, 5) is 4.50. The molecule has 1 aliphatic heterocycles. The van der Waals surface area contributed by atoms with Crippen LogP contribution < -0.4 is 5.32 Å². The van der Waals surface area contributed by atoms with Gasteiger partial charge in [0.2, 0.25) is 5.89 Å². The molecule has 0 spiro atoms. The molecule has 2 aromatic rings. The molecule has 1 saturated heterocycles. The van der Waals surface area contributed by atoms with E-state index in [1.54, 1.807) is 0 Å². The summed E-state index contributed by atoms with van der Waals surface area (Å²) in [5.74, 6) is 1.55. The van der Waals surface area contributed by atoms with Gasteiger partial charge in [0.1, 0.15) is 0 Å². The third kappa shape index (κ3) is 4.29. The quantitative estimate of drug-likeness (QED) is 0.922. The summed E-state index contributed by atoms with van der Waals surface area (Å²) >= 11 is 0. The summed E-state index contributed by atoms with van der Waals surface area (Å²) in [6.45, 7) is 3.26. The van der Waals surface area contributed by atoms with Crippen LogP contribution in [-0.2, 0) is 12.8 Å². The second-order valence-electron chi connectivity index (χ2n) is 5.54. The maximum Gasteiger partial charge on any atom is 0.226 e. The van der Waals surface area contributed by atoms with Gasteiger partial charge in [-0.15, -0.1) is 12.4 Å². The molecule has 1 unspecified atom stereocenters. The van der Waals surface area contributed by atoms with E-state index in [0.29, 0.717) is 6.04 Å². The zero-order valence-corrected chi connectivity index (χ0v) is 13.2. The van der Waals surface area contributed by atoms with Gasteiger partial charge in [0.15, 0.2) is 5.82 Å². The number of nitrogens with zero attached hydrogens (tertiary/aromatic N) is 2. The van der Waals surface area contributed by atoms with Crippen molar-refractivity contribution in [2.75, 3.05) is 6.54 Å². The van der Waals surface area contributed by atoms with Crippen LogP contribution >= 0.6 is 12.4 Å². The average molecular weight is 308 g/mol. The Bertz CT molecular complexity index is 564. The Hall–Kier alpha value is -1.39. The van der Waals surface area contributed by atoms with Gasteiger partial charge in [-0.2, -0.15) is 4.98 Å². The summed E-state index contributed by atoms with van der Waals surface area (Å²) in [7, 11) is 0. The molecule has 21 heavy (non-hydrogen) atoms. The topological polar surface area (TPSA) is 51.0 Å². The highest BCUT2D eigenvalue weighted by Crippen LogP contribution is 2.14. The van der Waals surface area contributed by atoms with E-state index in [1.807, 2.05) is 0 Å². The van der Waals surface area contributed by atoms with Crippen molar-refractivity contribution < 1.29 is 4.52 Å². The molecule has 1 fully saturated rings. The number of aryl methyl sites for hydroxylation is 2. The summed E-state index contributed by atoms with van der Waals surface area (Å²) in [6.07, 6.45) is 5.26. The lowest BCUT2D eigenvalue weighted by Crippen LogP contribution is -2.21. The van der Waals surface area contributed by atoms with Gasteiger partial charge in [0.25, 0.3) is 0 Å². The van der Waals surface area contributed by atoms with E-state index < -0.39 is 0 Å². The minimum atomic E-state index is 0. The van der Waals surface area contributed by atoms with Gasteiger partial charge in [-0.1, -0.05) is 29.4 Å². The molecule has 0 aliphatic carbocycles. The summed E-state index contributed by atoms with van der Waals surface area (Å²) in [6, 6.07) is 8.96. The fourth-order valence-electron chi connectivity index (χ4n) is 2.74. The minimum absolute atomic E-state index is 0. The molecule has 3 rings (SSSR count). The molecular formula is C16H22ClN3O. The maximum atomic E-state index is 5.35. The van der Waals surface area contributed by atoms with E-state index >= 15 is 0 Å². The van der Waals surface area contributed by atoms with Gasteiger partial charge in [-0.25, -0.2) is 0 Å². The van der Waals surface area contributed by atoms with Crippen molar-refractivity contribution in [1.82, 2.24) is 15.5 Å². The molecule has 1 aromatic carbocycles. The number of hydrogen-bond donors (Lipinski definition) is 1. The number of aromatic nitrogens is 2. The first-order chi connectivity index (χ1) is 9.81. The molecule has 1 N–H and O–H groups in total. The number of benzene rings is 1. The highest BCUT2D eigenvalue weighted by Gasteiger charge is 2.15. The zero-order valence-electron chi connectivity index (χ0n) is 12.3. The second kappa shape index (κ2) is 7.57. The predicted molar refractivity (Wildman–Crippen MR) is 84.9 cm³/mol. The van der Waals surface area contributed by atoms with E-state index in [2.05, 4.69) is 46.6 Å². The Morgan fingerprint density at radius 2 is 2.19 bits per heavy atom. The maximum absolute atomic E-state index is 5.35. The fraction of sp³-hybridized carbons (Fsp3) is 0.500. The first-order valence-electron chi connectivity index (χ1n) is 7.40. The lowest BCUT2D eigenvalue weighted by atomic mass is 10.1. The standard InChI is InChI=1S/C16H21N3O.ClH/c1-12-5-2-3-6-13(12)11-15-18-16(20-19-15)9-8-14-7-4-10-17-14;/h2-3,5-6,14,17H,4,7-11H2,1H3;1H. The van der Waals surface area contributed by atoms with Crippen LogP contribution in [0.5, 0.6) is 0 Å². The van der Waals surface area contributed by atoms with Gasteiger partial charge >= 0.3 is 0 Å². The van der Waals surface area contributed by atoms with Crippen molar-refractivity contribution >= 4 is 12.4 Å². The van der Waals surface area contributed by atoms with Crippen molar-refractivity contribution in [1.29, 1.82) is 0 Å². The summed E-state index contributed by atoms with van der Waals surface area (Å²) in [5, 5.41) is 7.58. The highest BCUT2D eigenvalue weighted by molar-refractivity contribution is 5.85. The highest BCUT2D eigenvalue weighted by atomic mass is 35.5. The molecule has 4 nitrogen and oxygen atoms in total. The third-order valence-corrected chi connectivity index (χ3v) is 3.99. The molecule has 1 aliphatic rings.